The van der Waals surface area contributed by atoms with E-state index < -0.39 is 6.10 Å². The van der Waals surface area contributed by atoms with Crippen LogP contribution in [0.15, 0.2) is 24.3 Å². The Bertz CT molecular complexity index is 551. The van der Waals surface area contributed by atoms with Crippen molar-refractivity contribution in [2.75, 3.05) is 26.2 Å². The van der Waals surface area contributed by atoms with E-state index in [0.29, 0.717) is 25.7 Å². The van der Waals surface area contributed by atoms with Crippen molar-refractivity contribution < 1.29 is 14.3 Å². The van der Waals surface area contributed by atoms with E-state index in [1.54, 1.807) is 12.1 Å². The number of piperidine rings is 1. The number of hydrogen-bond donors (Lipinski definition) is 1. The smallest absolute Gasteiger partial charge is 0.236 e. The summed E-state index contributed by atoms with van der Waals surface area (Å²) in [6, 6.07) is 6.67. The van der Waals surface area contributed by atoms with Crippen molar-refractivity contribution in [2.45, 2.75) is 44.8 Å². The van der Waals surface area contributed by atoms with Gasteiger partial charge in [-0.3, -0.25) is 9.69 Å². The molecule has 1 amide bonds. The molecule has 1 heterocycles. The van der Waals surface area contributed by atoms with Crippen molar-refractivity contribution in [1.82, 2.24) is 9.80 Å². The van der Waals surface area contributed by atoms with Crippen LogP contribution in [0, 0.1) is 11.7 Å². The first-order valence-electron chi connectivity index (χ1n) is 9.04. The molecule has 5 heteroatoms. The number of hydrogen-bond acceptors (Lipinski definition) is 3. The van der Waals surface area contributed by atoms with E-state index in [1.807, 2.05) is 4.90 Å². The van der Waals surface area contributed by atoms with Crippen LogP contribution in [0.4, 0.5) is 4.39 Å². The van der Waals surface area contributed by atoms with Crippen molar-refractivity contribution in [1.29, 1.82) is 0 Å². The minimum atomic E-state index is -0.582. The molecule has 1 aliphatic carbocycles. The van der Waals surface area contributed by atoms with Gasteiger partial charge in [0, 0.05) is 19.1 Å². The van der Waals surface area contributed by atoms with Crippen LogP contribution >= 0.6 is 0 Å². The molecule has 3 rings (SSSR count). The number of halogens is 1. The monoisotopic (exact) mass is 334 g/mol. The maximum Gasteiger partial charge on any atom is 0.236 e. The third-order valence-corrected chi connectivity index (χ3v) is 5.36. The number of likely N-dealkylation sites (N-methyl/N-ethyl adjacent to an activating group) is 1. The average molecular weight is 334 g/mol. The number of aliphatic hydroxyl groups excluding tert-OH is 1. The Morgan fingerprint density at radius 3 is 2.42 bits per heavy atom. The molecule has 0 bridgehead atoms. The summed E-state index contributed by atoms with van der Waals surface area (Å²) >= 11 is 0. The number of likely N-dealkylation sites (tertiary alicyclic amines) is 1. The molecule has 1 aromatic carbocycles. The normalized spacial score (nSPS) is 20.4. The standard InChI is InChI=1S/C19H27FN2O2/c1-2-21(17-7-8-17)13-18(23)22-11-9-15(10-12-22)19(24)14-3-5-16(20)6-4-14/h3-6,15,17,19,24H,2,7-13H2,1H3. The number of nitrogens with zero attached hydrogens (tertiary/aromatic N) is 2. The van der Waals surface area contributed by atoms with Crippen LogP contribution in [0.3, 0.4) is 0 Å². The Balaban J connectivity index is 1.49. The van der Waals surface area contributed by atoms with Gasteiger partial charge < -0.3 is 10.0 Å². The van der Waals surface area contributed by atoms with Gasteiger partial charge in [-0.25, -0.2) is 4.39 Å². The van der Waals surface area contributed by atoms with Crippen molar-refractivity contribution in [3.8, 4) is 0 Å². The second kappa shape index (κ2) is 7.62. The molecule has 1 N–H and O–H groups in total. The van der Waals surface area contributed by atoms with Gasteiger partial charge >= 0.3 is 0 Å². The number of carbonyl (C=O) groups is 1. The van der Waals surface area contributed by atoms with E-state index in [4.69, 9.17) is 0 Å². The molecule has 2 fully saturated rings. The van der Waals surface area contributed by atoms with Crippen LogP contribution in [0.1, 0.15) is 44.3 Å². The maximum atomic E-state index is 13.0. The van der Waals surface area contributed by atoms with Gasteiger partial charge in [0.15, 0.2) is 0 Å². The molecule has 1 atom stereocenters. The third kappa shape index (κ3) is 4.14. The topological polar surface area (TPSA) is 43.8 Å². The molecule has 1 aromatic rings. The highest BCUT2D eigenvalue weighted by Gasteiger charge is 2.32. The molecule has 1 saturated heterocycles. The molecular formula is C19H27FN2O2. The van der Waals surface area contributed by atoms with E-state index in [2.05, 4.69) is 11.8 Å². The van der Waals surface area contributed by atoms with E-state index in [-0.39, 0.29) is 17.6 Å². The first kappa shape index (κ1) is 17.4. The fourth-order valence-corrected chi connectivity index (χ4v) is 3.61. The van der Waals surface area contributed by atoms with Gasteiger partial charge in [-0.2, -0.15) is 0 Å². The molecule has 132 valence electrons. The zero-order valence-corrected chi connectivity index (χ0v) is 14.3. The van der Waals surface area contributed by atoms with Crippen LogP contribution in [0.25, 0.3) is 0 Å². The predicted octanol–water partition coefficient (Wildman–Crippen LogP) is 2.58. The van der Waals surface area contributed by atoms with Gasteiger partial charge in [0.1, 0.15) is 5.82 Å². The van der Waals surface area contributed by atoms with Gasteiger partial charge in [-0.15, -0.1) is 0 Å². The SMILES string of the molecule is CCN(CC(=O)N1CCC(C(O)c2ccc(F)cc2)CC1)C1CC1. The van der Waals surface area contributed by atoms with Gasteiger partial charge in [-0.1, -0.05) is 19.1 Å². The Kier molecular flexibility index (Phi) is 5.51. The molecule has 1 aliphatic heterocycles. The summed E-state index contributed by atoms with van der Waals surface area (Å²) in [6.07, 6.45) is 3.43. The van der Waals surface area contributed by atoms with Crippen molar-refractivity contribution in [3.05, 3.63) is 35.6 Å². The summed E-state index contributed by atoms with van der Waals surface area (Å²) in [5.74, 6) is 0.0474. The molecule has 24 heavy (non-hydrogen) atoms. The number of aliphatic hydroxyl groups is 1. The zero-order chi connectivity index (χ0) is 17.1. The molecule has 1 saturated carbocycles. The van der Waals surface area contributed by atoms with Crippen molar-refractivity contribution in [3.63, 3.8) is 0 Å². The fraction of sp³-hybridized carbons (Fsp3) is 0.632. The Morgan fingerprint density at radius 1 is 1.25 bits per heavy atom. The van der Waals surface area contributed by atoms with Crippen molar-refractivity contribution in [2.24, 2.45) is 5.92 Å². The Labute approximate surface area is 143 Å². The second-order valence-corrected chi connectivity index (χ2v) is 7.01. The number of rotatable bonds is 6. The quantitative estimate of drug-likeness (QED) is 0.870. The highest BCUT2D eigenvalue weighted by atomic mass is 19.1. The largest absolute Gasteiger partial charge is 0.388 e. The lowest BCUT2D eigenvalue weighted by Gasteiger charge is -2.35. The molecule has 1 unspecified atom stereocenters. The van der Waals surface area contributed by atoms with Gasteiger partial charge in [-0.05, 0) is 55.8 Å². The first-order chi connectivity index (χ1) is 11.6. The molecule has 0 spiro atoms. The Morgan fingerprint density at radius 2 is 1.88 bits per heavy atom. The van der Waals surface area contributed by atoms with Crippen LogP contribution in [-0.2, 0) is 4.79 Å². The number of benzene rings is 1. The van der Waals surface area contributed by atoms with Crippen LogP contribution in [0.5, 0.6) is 0 Å². The minimum Gasteiger partial charge on any atom is -0.388 e. The summed E-state index contributed by atoms with van der Waals surface area (Å²) in [5, 5.41) is 10.5. The summed E-state index contributed by atoms with van der Waals surface area (Å²) in [6.45, 7) is 4.95. The molecule has 0 radical (unpaired) electrons. The molecule has 2 aliphatic rings. The van der Waals surface area contributed by atoms with Crippen LogP contribution < -0.4 is 0 Å². The van der Waals surface area contributed by atoms with E-state index in [0.717, 1.165) is 24.9 Å². The molecule has 0 aromatic heterocycles. The number of amides is 1. The minimum absolute atomic E-state index is 0.130. The molecule has 4 nitrogen and oxygen atoms in total. The summed E-state index contributed by atoms with van der Waals surface area (Å²) in [4.78, 5) is 16.7. The highest BCUT2D eigenvalue weighted by molar-refractivity contribution is 5.78. The average Bonchev–Trinajstić information content (AvgIpc) is 3.44. The first-order valence-corrected chi connectivity index (χ1v) is 9.04. The van der Waals surface area contributed by atoms with E-state index >= 15 is 0 Å². The second-order valence-electron chi connectivity index (χ2n) is 7.01. The Hall–Kier alpha value is -1.46. The van der Waals surface area contributed by atoms with E-state index in [9.17, 15) is 14.3 Å². The van der Waals surface area contributed by atoms with Crippen LogP contribution in [0.2, 0.25) is 0 Å². The third-order valence-electron chi connectivity index (χ3n) is 5.36. The summed E-state index contributed by atoms with van der Waals surface area (Å²) in [7, 11) is 0. The van der Waals surface area contributed by atoms with Gasteiger partial charge in [0.2, 0.25) is 5.91 Å². The van der Waals surface area contributed by atoms with E-state index in [1.165, 1.54) is 25.0 Å². The lowest BCUT2D eigenvalue weighted by Crippen LogP contribution is -2.45. The lowest BCUT2D eigenvalue weighted by molar-refractivity contribution is -0.134. The van der Waals surface area contributed by atoms with Crippen molar-refractivity contribution >= 4 is 5.91 Å². The lowest BCUT2D eigenvalue weighted by atomic mass is 9.87. The van der Waals surface area contributed by atoms with Gasteiger partial charge in [0.25, 0.3) is 0 Å². The number of carbonyl (C=O) groups excluding carboxylic acids is 1. The zero-order valence-electron chi connectivity index (χ0n) is 14.3. The highest BCUT2D eigenvalue weighted by Crippen LogP contribution is 2.31. The van der Waals surface area contributed by atoms with Crippen LogP contribution in [-0.4, -0.2) is 53.0 Å². The molecular weight excluding hydrogens is 307 g/mol. The maximum absolute atomic E-state index is 13.0. The predicted molar refractivity (Wildman–Crippen MR) is 90.9 cm³/mol. The fourth-order valence-electron chi connectivity index (χ4n) is 3.61. The summed E-state index contributed by atoms with van der Waals surface area (Å²) < 4.78 is 13.0. The van der Waals surface area contributed by atoms with Gasteiger partial charge in [0.05, 0.1) is 12.6 Å². The summed E-state index contributed by atoms with van der Waals surface area (Å²) in [5.41, 5.74) is 0.757.